The maximum absolute atomic E-state index is 11.5. The third-order valence-electron chi connectivity index (χ3n) is 1.61. The van der Waals surface area contributed by atoms with Crippen molar-refractivity contribution in [2.24, 2.45) is 0 Å². The molecule has 0 aliphatic rings. The van der Waals surface area contributed by atoms with E-state index in [-0.39, 0.29) is 18.6 Å². The summed E-state index contributed by atoms with van der Waals surface area (Å²) in [5.74, 6) is -0.374. The van der Waals surface area contributed by atoms with Gasteiger partial charge in [-0.3, -0.25) is 9.36 Å². The van der Waals surface area contributed by atoms with E-state index in [0.717, 1.165) is 6.42 Å². The first-order valence-electron chi connectivity index (χ1n) is 4.44. The van der Waals surface area contributed by atoms with E-state index < -0.39 is 7.60 Å². The van der Waals surface area contributed by atoms with Crippen LogP contribution < -0.4 is 0 Å². The van der Waals surface area contributed by atoms with Crippen LogP contribution in [0.3, 0.4) is 0 Å². The highest BCUT2D eigenvalue weighted by molar-refractivity contribution is 7.53. The van der Waals surface area contributed by atoms with E-state index in [0.29, 0.717) is 6.61 Å². The van der Waals surface area contributed by atoms with Crippen LogP contribution in [0.25, 0.3) is 0 Å². The quantitative estimate of drug-likeness (QED) is 0.487. The third-order valence-corrected chi connectivity index (χ3v) is 3.50. The summed E-state index contributed by atoms with van der Waals surface area (Å²) >= 11 is 0. The molecule has 0 spiro atoms. The molecule has 14 heavy (non-hydrogen) atoms. The average Bonchev–Trinajstić information content (AvgIpc) is 2.23. The molecule has 0 aliphatic carbocycles. The standard InChI is InChI=1S/C8H17O5P/c1-4-6-13-8(9)5-7-14(10,11-2)12-3/h4-7H2,1-3H3. The Kier molecular flexibility index (Phi) is 6.79. The molecular formula is C8H17O5P. The number of carbonyl (C=O) groups excluding carboxylic acids is 1. The first kappa shape index (κ1) is 13.6. The largest absolute Gasteiger partial charge is 0.466 e. The van der Waals surface area contributed by atoms with Gasteiger partial charge in [0.15, 0.2) is 0 Å². The minimum absolute atomic E-state index is 0.0545. The Balaban J connectivity index is 3.80. The number of esters is 1. The average molecular weight is 224 g/mol. The zero-order valence-electron chi connectivity index (χ0n) is 8.82. The highest BCUT2D eigenvalue weighted by Crippen LogP contribution is 2.46. The fraction of sp³-hybridized carbons (Fsp3) is 0.875. The molecule has 0 radical (unpaired) electrons. The van der Waals surface area contributed by atoms with Crippen LogP contribution in [-0.2, 0) is 23.1 Å². The molecule has 0 rings (SSSR count). The molecule has 0 bridgehead atoms. The normalized spacial score (nSPS) is 11.4. The Labute approximate surface area is 84.3 Å². The summed E-state index contributed by atoms with van der Waals surface area (Å²) in [6.45, 7) is 2.30. The van der Waals surface area contributed by atoms with Crippen molar-refractivity contribution in [3.63, 3.8) is 0 Å². The maximum atomic E-state index is 11.5. The van der Waals surface area contributed by atoms with Crippen LogP contribution in [0, 0.1) is 0 Å². The molecule has 0 aromatic heterocycles. The van der Waals surface area contributed by atoms with Crippen molar-refractivity contribution < 1.29 is 23.1 Å². The zero-order valence-corrected chi connectivity index (χ0v) is 9.71. The van der Waals surface area contributed by atoms with Crippen molar-refractivity contribution in [2.45, 2.75) is 19.8 Å². The molecule has 0 saturated carbocycles. The van der Waals surface area contributed by atoms with Gasteiger partial charge in [-0.25, -0.2) is 0 Å². The van der Waals surface area contributed by atoms with Gasteiger partial charge in [-0.2, -0.15) is 0 Å². The van der Waals surface area contributed by atoms with Crippen LogP contribution in [0.1, 0.15) is 19.8 Å². The fourth-order valence-corrected chi connectivity index (χ4v) is 1.74. The second-order valence-corrected chi connectivity index (χ2v) is 5.07. The number of ether oxygens (including phenoxy) is 1. The van der Waals surface area contributed by atoms with Gasteiger partial charge in [0.1, 0.15) is 0 Å². The summed E-state index contributed by atoms with van der Waals surface area (Å²) in [7, 11) is -0.481. The Morgan fingerprint density at radius 1 is 1.29 bits per heavy atom. The van der Waals surface area contributed by atoms with E-state index in [2.05, 4.69) is 9.05 Å². The van der Waals surface area contributed by atoms with E-state index >= 15 is 0 Å². The molecule has 0 N–H and O–H groups in total. The van der Waals surface area contributed by atoms with Gasteiger partial charge < -0.3 is 13.8 Å². The molecule has 0 heterocycles. The first-order chi connectivity index (χ1) is 6.58. The van der Waals surface area contributed by atoms with Gasteiger partial charge in [0, 0.05) is 14.2 Å². The van der Waals surface area contributed by atoms with Crippen molar-refractivity contribution >= 4 is 13.6 Å². The van der Waals surface area contributed by atoms with Gasteiger partial charge in [0.05, 0.1) is 19.2 Å². The number of hydrogen-bond donors (Lipinski definition) is 0. The highest BCUT2D eigenvalue weighted by Gasteiger charge is 2.22. The summed E-state index contributed by atoms with van der Waals surface area (Å²) in [5, 5.41) is 0. The third kappa shape index (κ3) is 5.37. The Morgan fingerprint density at radius 2 is 1.86 bits per heavy atom. The van der Waals surface area contributed by atoms with Gasteiger partial charge in [-0.1, -0.05) is 6.92 Å². The lowest BCUT2D eigenvalue weighted by Gasteiger charge is -2.12. The molecule has 84 valence electrons. The minimum atomic E-state index is -3.07. The summed E-state index contributed by atoms with van der Waals surface area (Å²) in [6, 6.07) is 0. The molecule has 0 amide bonds. The zero-order chi connectivity index (χ0) is 11.0. The predicted molar refractivity (Wildman–Crippen MR) is 52.4 cm³/mol. The highest BCUT2D eigenvalue weighted by atomic mass is 31.2. The Morgan fingerprint density at radius 3 is 2.29 bits per heavy atom. The number of rotatable bonds is 7. The van der Waals surface area contributed by atoms with Gasteiger partial charge in [-0.05, 0) is 6.42 Å². The smallest absolute Gasteiger partial charge is 0.330 e. The summed E-state index contributed by atoms with van der Waals surface area (Å²) in [4.78, 5) is 11.0. The summed E-state index contributed by atoms with van der Waals surface area (Å²) in [6.07, 6.45) is 0.888. The van der Waals surface area contributed by atoms with Crippen molar-refractivity contribution in [1.29, 1.82) is 0 Å². The molecule has 0 atom stereocenters. The van der Waals surface area contributed by atoms with E-state index in [4.69, 9.17) is 4.74 Å². The molecule has 6 heteroatoms. The van der Waals surface area contributed by atoms with Gasteiger partial charge in [-0.15, -0.1) is 0 Å². The molecule has 0 aromatic rings. The van der Waals surface area contributed by atoms with Crippen molar-refractivity contribution in [3.05, 3.63) is 0 Å². The maximum Gasteiger partial charge on any atom is 0.330 e. The molecule has 0 aliphatic heterocycles. The van der Waals surface area contributed by atoms with E-state index in [1.807, 2.05) is 6.92 Å². The van der Waals surface area contributed by atoms with Crippen LogP contribution in [0.2, 0.25) is 0 Å². The number of carbonyl (C=O) groups is 1. The minimum Gasteiger partial charge on any atom is -0.466 e. The first-order valence-corrected chi connectivity index (χ1v) is 6.17. The van der Waals surface area contributed by atoms with E-state index in [1.165, 1.54) is 14.2 Å². The van der Waals surface area contributed by atoms with Crippen molar-refractivity contribution in [1.82, 2.24) is 0 Å². The van der Waals surface area contributed by atoms with Crippen LogP contribution in [0.15, 0.2) is 0 Å². The van der Waals surface area contributed by atoms with Crippen LogP contribution in [-0.4, -0.2) is 33.0 Å². The van der Waals surface area contributed by atoms with Crippen molar-refractivity contribution in [3.8, 4) is 0 Å². The lowest BCUT2D eigenvalue weighted by molar-refractivity contribution is -0.143. The Bertz CT molecular complexity index is 208. The topological polar surface area (TPSA) is 61.8 Å². The molecule has 5 nitrogen and oxygen atoms in total. The molecule has 0 aromatic carbocycles. The predicted octanol–water partition coefficient (Wildman–Crippen LogP) is 1.82. The lowest BCUT2D eigenvalue weighted by atomic mass is 10.5. The van der Waals surface area contributed by atoms with E-state index in [9.17, 15) is 9.36 Å². The van der Waals surface area contributed by atoms with Gasteiger partial charge in [0.25, 0.3) is 0 Å². The molecular weight excluding hydrogens is 207 g/mol. The molecule has 0 fully saturated rings. The summed E-state index contributed by atoms with van der Waals surface area (Å²) < 4.78 is 25.6. The summed E-state index contributed by atoms with van der Waals surface area (Å²) in [5.41, 5.74) is 0. The molecule has 0 saturated heterocycles. The SMILES string of the molecule is CCCOC(=O)CCP(=O)(OC)OC. The van der Waals surface area contributed by atoms with Crippen LogP contribution in [0.5, 0.6) is 0 Å². The van der Waals surface area contributed by atoms with Gasteiger partial charge >= 0.3 is 13.6 Å². The fourth-order valence-electron chi connectivity index (χ4n) is 0.773. The molecule has 0 unspecified atom stereocenters. The van der Waals surface area contributed by atoms with Crippen molar-refractivity contribution in [2.75, 3.05) is 27.0 Å². The van der Waals surface area contributed by atoms with Crippen LogP contribution in [0.4, 0.5) is 0 Å². The number of hydrogen-bond acceptors (Lipinski definition) is 5. The Hall–Kier alpha value is -0.380. The second kappa shape index (κ2) is 6.98. The van der Waals surface area contributed by atoms with Crippen LogP contribution >= 0.6 is 7.60 Å². The monoisotopic (exact) mass is 224 g/mol. The second-order valence-electron chi connectivity index (χ2n) is 2.67. The van der Waals surface area contributed by atoms with Gasteiger partial charge in [0.2, 0.25) is 0 Å². The lowest BCUT2D eigenvalue weighted by Crippen LogP contribution is -2.08. The van der Waals surface area contributed by atoms with E-state index in [1.54, 1.807) is 0 Å².